The Labute approximate surface area is 192 Å². The second kappa shape index (κ2) is 10.7. The largest absolute Gasteiger partial charge is 0.481 e. The predicted molar refractivity (Wildman–Crippen MR) is 128 cm³/mol. The van der Waals surface area contributed by atoms with Gasteiger partial charge in [-0.2, -0.15) is 0 Å². The van der Waals surface area contributed by atoms with Crippen LogP contribution in [0.15, 0.2) is 83.8 Å². The zero-order valence-electron chi connectivity index (χ0n) is 15.3. The molecule has 0 bridgehead atoms. The van der Waals surface area contributed by atoms with Crippen molar-refractivity contribution in [3.05, 3.63) is 98.6 Å². The molecule has 6 heteroatoms. The van der Waals surface area contributed by atoms with Crippen molar-refractivity contribution in [2.45, 2.75) is 4.90 Å². The predicted octanol–water partition coefficient (Wildman–Crippen LogP) is 6.63. The van der Waals surface area contributed by atoms with E-state index < -0.39 is 5.97 Å². The third kappa shape index (κ3) is 6.52. The Balaban J connectivity index is 1.76. The van der Waals surface area contributed by atoms with E-state index >= 15 is 0 Å². The highest BCUT2D eigenvalue weighted by Gasteiger charge is 2.07. The number of hydrogen-bond donors (Lipinski definition) is 1. The molecule has 0 radical (unpaired) electrons. The molecule has 1 N–H and O–H groups in total. The number of carbonyl (C=O) groups is 1. The Morgan fingerprint density at radius 2 is 1.79 bits per heavy atom. The maximum atomic E-state index is 10.7. The fraction of sp³-hybridized carbons (Fsp3) is 0.0870. The average molecular weight is 537 g/mol. The van der Waals surface area contributed by atoms with Gasteiger partial charge in [0.1, 0.15) is 5.75 Å². The van der Waals surface area contributed by atoms with Crippen LogP contribution in [0.2, 0.25) is 5.02 Å². The molecule has 3 nitrogen and oxygen atoms in total. The van der Waals surface area contributed by atoms with Gasteiger partial charge in [-0.3, -0.25) is 0 Å². The number of thioether (sulfide) groups is 1. The van der Waals surface area contributed by atoms with Gasteiger partial charge >= 0.3 is 5.97 Å². The van der Waals surface area contributed by atoms with Crippen molar-refractivity contribution in [3.8, 4) is 5.75 Å². The van der Waals surface area contributed by atoms with Crippen LogP contribution in [-0.4, -0.2) is 23.4 Å². The molecular weight excluding hydrogens is 519 g/mol. The second-order valence-corrected chi connectivity index (χ2v) is 8.77. The quantitative estimate of drug-likeness (QED) is 0.259. The number of carboxylic acid groups (broad SMARTS) is 1. The number of halogens is 2. The van der Waals surface area contributed by atoms with E-state index in [0.29, 0.717) is 10.8 Å². The monoisotopic (exact) mass is 536 g/mol. The summed E-state index contributed by atoms with van der Waals surface area (Å²) in [5, 5.41) is 9.46. The van der Waals surface area contributed by atoms with Crippen molar-refractivity contribution in [3.63, 3.8) is 0 Å². The topological polar surface area (TPSA) is 46.5 Å². The highest BCUT2D eigenvalue weighted by Crippen LogP contribution is 2.30. The van der Waals surface area contributed by atoms with E-state index in [1.165, 1.54) is 0 Å². The Hall–Kier alpha value is -1.96. The standard InChI is InChI=1S/C23H18ClIO3S/c24-18-8-4-7-17(13-18)20(16-5-2-1-3-6-16)11-12-29-19-9-10-22(21(25)14-19)28-15-23(26)27/h1-11,13-14H,12,15H2,(H,26,27)/b20-11-. The Kier molecular flexibility index (Phi) is 8.03. The maximum absolute atomic E-state index is 10.7. The van der Waals surface area contributed by atoms with Gasteiger partial charge in [-0.1, -0.05) is 60.1 Å². The summed E-state index contributed by atoms with van der Waals surface area (Å²) in [7, 11) is 0. The molecule has 0 aliphatic rings. The third-order valence-electron chi connectivity index (χ3n) is 4.01. The van der Waals surface area contributed by atoms with Gasteiger partial charge in [0, 0.05) is 15.7 Å². The minimum Gasteiger partial charge on any atom is -0.481 e. The first-order chi connectivity index (χ1) is 14.0. The maximum Gasteiger partial charge on any atom is 0.341 e. The number of ether oxygens (including phenoxy) is 1. The molecule has 0 spiro atoms. The van der Waals surface area contributed by atoms with Crippen molar-refractivity contribution in [1.82, 2.24) is 0 Å². The van der Waals surface area contributed by atoms with Gasteiger partial charge in [0.25, 0.3) is 0 Å². The molecule has 0 saturated heterocycles. The molecule has 29 heavy (non-hydrogen) atoms. The van der Waals surface area contributed by atoms with Crippen LogP contribution >= 0.6 is 46.0 Å². The van der Waals surface area contributed by atoms with E-state index in [-0.39, 0.29) is 6.61 Å². The SMILES string of the molecule is O=C(O)COc1ccc(SC/C=C(/c2ccccc2)c2cccc(Cl)c2)cc1I. The lowest BCUT2D eigenvalue weighted by Gasteiger charge is -2.10. The van der Waals surface area contributed by atoms with Crippen LogP contribution < -0.4 is 4.74 Å². The molecule has 0 aliphatic heterocycles. The molecule has 0 atom stereocenters. The van der Waals surface area contributed by atoms with Gasteiger partial charge in [0.2, 0.25) is 0 Å². The molecule has 148 valence electrons. The van der Waals surface area contributed by atoms with Gasteiger partial charge in [-0.05, 0) is 69.6 Å². The van der Waals surface area contributed by atoms with E-state index in [9.17, 15) is 4.79 Å². The minimum absolute atomic E-state index is 0.342. The van der Waals surface area contributed by atoms with Crippen LogP contribution in [0.4, 0.5) is 0 Å². The van der Waals surface area contributed by atoms with Crippen molar-refractivity contribution < 1.29 is 14.6 Å². The summed E-state index contributed by atoms with van der Waals surface area (Å²) in [5.74, 6) is 0.373. The van der Waals surface area contributed by atoms with Crippen LogP contribution in [0.3, 0.4) is 0 Å². The van der Waals surface area contributed by atoms with Crippen molar-refractivity contribution >= 4 is 57.5 Å². The highest BCUT2D eigenvalue weighted by molar-refractivity contribution is 14.1. The van der Waals surface area contributed by atoms with Crippen LogP contribution in [0.5, 0.6) is 5.75 Å². The molecule has 0 fully saturated rings. The lowest BCUT2D eigenvalue weighted by atomic mass is 9.98. The summed E-state index contributed by atoms with van der Waals surface area (Å²) >= 11 is 10.1. The third-order valence-corrected chi connectivity index (χ3v) is 6.01. The normalized spacial score (nSPS) is 11.3. The highest BCUT2D eigenvalue weighted by atomic mass is 127. The minimum atomic E-state index is -0.987. The number of hydrogen-bond acceptors (Lipinski definition) is 3. The Morgan fingerprint density at radius 3 is 2.48 bits per heavy atom. The molecule has 0 unspecified atom stereocenters. The molecule has 0 saturated carbocycles. The molecule has 3 rings (SSSR count). The summed E-state index contributed by atoms with van der Waals surface area (Å²) in [6.45, 7) is -0.342. The zero-order chi connectivity index (χ0) is 20.6. The fourth-order valence-corrected chi connectivity index (χ4v) is 4.61. The molecular formula is C23H18ClIO3S. The van der Waals surface area contributed by atoms with Crippen LogP contribution in [0.1, 0.15) is 11.1 Å². The summed E-state index contributed by atoms with van der Waals surface area (Å²) in [6, 6.07) is 23.9. The van der Waals surface area contributed by atoms with Crippen molar-refractivity contribution in [1.29, 1.82) is 0 Å². The van der Waals surface area contributed by atoms with E-state index in [4.69, 9.17) is 21.4 Å². The average Bonchev–Trinajstić information content (AvgIpc) is 2.71. The smallest absolute Gasteiger partial charge is 0.341 e. The van der Waals surface area contributed by atoms with Crippen LogP contribution in [0, 0.1) is 3.57 Å². The lowest BCUT2D eigenvalue weighted by molar-refractivity contribution is -0.139. The molecule has 3 aromatic rings. The van der Waals surface area contributed by atoms with Gasteiger partial charge in [0.15, 0.2) is 6.61 Å². The molecule has 3 aromatic carbocycles. The zero-order valence-corrected chi connectivity index (χ0v) is 19.1. The van der Waals surface area contributed by atoms with Crippen LogP contribution in [0.25, 0.3) is 5.57 Å². The number of benzene rings is 3. The Bertz CT molecular complexity index is 1020. The Morgan fingerprint density at radius 1 is 1.03 bits per heavy atom. The summed E-state index contributed by atoms with van der Waals surface area (Å²) < 4.78 is 6.17. The molecule has 0 aliphatic carbocycles. The van der Waals surface area contributed by atoms with Gasteiger partial charge in [-0.25, -0.2) is 4.79 Å². The van der Waals surface area contributed by atoms with Gasteiger partial charge in [0.05, 0.1) is 3.57 Å². The van der Waals surface area contributed by atoms with E-state index in [1.54, 1.807) is 11.8 Å². The van der Waals surface area contributed by atoms with E-state index in [1.807, 2.05) is 54.6 Å². The van der Waals surface area contributed by atoms with E-state index in [0.717, 1.165) is 30.9 Å². The van der Waals surface area contributed by atoms with Gasteiger partial charge in [-0.15, -0.1) is 11.8 Å². The molecule has 0 heterocycles. The first kappa shape index (κ1) is 21.7. The van der Waals surface area contributed by atoms with E-state index in [2.05, 4.69) is 46.9 Å². The fourth-order valence-electron chi connectivity index (χ4n) is 2.73. The first-order valence-corrected chi connectivity index (χ1v) is 11.3. The summed E-state index contributed by atoms with van der Waals surface area (Å²) in [5.41, 5.74) is 3.36. The molecule has 0 aromatic heterocycles. The number of carboxylic acids is 1. The van der Waals surface area contributed by atoms with Gasteiger partial charge < -0.3 is 9.84 Å². The lowest BCUT2D eigenvalue weighted by Crippen LogP contribution is -2.10. The first-order valence-electron chi connectivity index (χ1n) is 8.81. The molecule has 0 amide bonds. The second-order valence-electron chi connectivity index (χ2n) is 6.08. The summed E-state index contributed by atoms with van der Waals surface area (Å²) in [6.07, 6.45) is 2.20. The number of rotatable bonds is 8. The van der Waals surface area contributed by atoms with Crippen molar-refractivity contribution in [2.75, 3.05) is 12.4 Å². The van der Waals surface area contributed by atoms with Crippen molar-refractivity contribution in [2.24, 2.45) is 0 Å². The van der Waals surface area contributed by atoms with Crippen LogP contribution in [-0.2, 0) is 4.79 Å². The number of aliphatic carboxylic acids is 1. The summed E-state index contributed by atoms with van der Waals surface area (Å²) in [4.78, 5) is 11.8.